The number of nitrogens with two attached hydrogens (primary N) is 1. The second-order valence-corrected chi connectivity index (χ2v) is 5.65. The van der Waals surface area contributed by atoms with Gasteiger partial charge in [0, 0.05) is 15.6 Å². The molecule has 0 aliphatic carbocycles. The Kier molecular flexibility index (Phi) is 4.61. The van der Waals surface area contributed by atoms with Crippen LogP contribution in [0.2, 0.25) is 0 Å². The zero-order valence-electron chi connectivity index (χ0n) is 9.99. The summed E-state index contributed by atoms with van der Waals surface area (Å²) in [6, 6.07) is 13.3. The largest absolute Gasteiger partial charge is 0.488 e. The van der Waals surface area contributed by atoms with Gasteiger partial charge in [0.05, 0.1) is 4.47 Å². The molecule has 0 aromatic heterocycles. The van der Waals surface area contributed by atoms with Crippen molar-refractivity contribution in [2.45, 2.75) is 6.61 Å². The molecule has 19 heavy (non-hydrogen) atoms. The second kappa shape index (κ2) is 6.21. The summed E-state index contributed by atoms with van der Waals surface area (Å²) >= 11 is 6.90. The van der Waals surface area contributed by atoms with Gasteiger partial charge in [-0.25, -0.2) is 0 Å². The first-order valence-corrected chi connectivity index (χ1v) is 7.16. The molecule has 2 aromatic carbocycles. The van der Waals surface area contributed by atoms with E-state index in [1.54, 1.807) is 18.2 Å². The topological polar surface area (TPSA) is 59.1 Å². The highest BCUT2D eigenvalue weighted by molar-refractivity contribution is 9.10. The standard InChI is InChI=1S/C14H12Br2N2O/c15-11-4-2-1-3-10(11)8-19-13-6-5-9(14(17)18)7-12(13)16/h1-7H,8H2,(H3,17,18). The number of ether oxygens (including phenoxy) is 1. The van der Waals surface area contributed by atoms with E-state index in [4.69, 9.17) is 15.9 Å². The molecule has 2 rings (SSSR count). The smallest absolute Gasteiger partial charge is 0.134 e. The van der Waals surface area contributed by atoms with Crippen LogP contribution >= 0.6 is 31.9 Å². The van der Waals surface area contributed by atoms with Gasteiger partial charge in [-0.05, 0) is 40.2 Å². The van der Waals surface area contributed by atoms with Gasteiger partial charge in [-0.15, -0.1) is 0 Å². The highest BCUT2D eigenvalue weighted by Crippen LogP contribution is 2.27. The van der Waals surface area contributed by atoms with Gasteiger partial charge in [-0.3, -0.25) is 5.41 Å². The summed E-state index contributed by atoms with van der Waals surface area (Å²) in [5.41, 5.74) is 7.17. The summed E-state index contributed by atoms with van der Waals surface area (Å²) in [6.45, 7) is 0.472. The monoisotopic (exact) mass is 382 g/mol. The lowest BCUT2D eigenvalue weighted by molar-refractivity contribution is 0.303. The van der Waals surface area contributed by atoms with Gasteiger partial charge in [0.1, 0.15) is 18.2 Å². The molecule has 0 amide bonds. The number of benzene rings is 2. The molecule has 2 aromatic rings. The molecule has 98 valence electrons. The Balaban J connectivity index is 2.12. The summed E-state index contributed by atoms with van der Waals surface area (Å²) < 4.78 is 7.55. The van der Waals surface area contributed by atoms with Crippen LogP contribution in [0.4, 0.5) is 0 Å². The number of hydrogen-bond donors (Lipinski definition) is 2. The number of amidine groups is 1. The van der Waals surface area contributed by atoms with Crippen LogP contribution in [0.3, 0.4) is 0 Å². The molecule has 0 saturated heterocycles. The van der Waals surface area contributed by atoms with Gasteiger partial charge < -0.3 is 10.5 Å². The van der Waals surface area contributed by atoms with Crippen LogP contribution in [-0.2, 0) is 6.61 Å². The third-order valence-electron chi connectivity index (χ3n) is 2.58. The van der Waals surface area contributed by atoms with E-state index in [9.17, 15) is 0 Å². The Morgan fingerprint density at radius 2 is 1.84 bits per heavy atom. The minimum absolute atomic E-state index is 0.0399. The van der Waals surface area contributed by atoms with Gasteiger partial charge in [0.2, 0.25) is 0 Å². The lowest BCUT2D eigenvalue weighted by atomic mass is 10.2. The fourth-order valence-electron chi connectivity index (χ4n) is 1.56. The molecule has 3 nitrogen and oxygen atoms in total. The molecule has 0 bridgehead atoms. The van der Waals surface area contributed by atoms with Crippen LogP contribution in [0.15, 0.2) is 51.4 Å². The van der Waals surface area contributed by atoms with Crippen molar-refractivity contribution in [3.05, 3.63) is 62.5 Å². The molecule has 0 fully saturated rings. The van der Waals surface area contributed by atoms with E-state index >= 15 is 0 Å². The highest BCUT2D eigenvalue weighted by Gasteiger charge is 2.06. The molecular weight excluding hydrogens is 372 g/mol. The van der Waals surface area contributed by atoms with Gasteiger partial charge in [-0.1, -0.05) is 34.1 Å². The normalized spacial score (nSPS) is 10.2. The van der Waals surface area contributed by atoms with E-state index in [1.807, 2.05) is 24.3 Å². The number of nitrogens with one attached hydrogen (secondary N) is 1. The lowest BCUT2D eigenvalue weighted by Gasteiger charge is -2.10. The predicted octanol–water partition coefficient (Wildman–Crippen LogP) is 4.07. The Morgan fingerprint density at radius 3 is 2.47 bits per heavy atom. The van der Waals surface area contributed by atoms with Crippen LogP contribution in [-0.4, -0.2) is 5.84 Å². The van der Waals surface area contributed by atoms with Crippen molar-refractivity contribution in [3.63, 3.8) is 0 Å². The SMILES string of the molecule is N=C(N)c1ccc(OCc2ccccc2Br)c(Br)c1. The average Bonchev–Trinajstić information content (AvgIpc) is 2.39. The molecule has 0 heterocycles. The first-order chi connectivity index (χ1) is 9.08. The molecule has 0 spiro atoms. The Labute approximate surface area is 128 Å². The molecule has 0 aliphatic heterocycles. The van der Waals surface area contributed by atoms with Crippen LogP contribution < -0.4 is 10.5 Å². The summed E-state index contributed by atoms with van der Waals surface area (Å²) in [7, 11) is 0. The van der Waals surface area contributed by atoms with Crippen molar-refractivity contribution in [3.8, 4) is 5.75 Å². The van der Waals surface area contributed by atoms with Crippen LogP contribution in [0.5, 0.6) is 5.75 Å². The van der Waals surface area contributed by atoms with Gasteiger partial charge in [0.25, 0.3) is 0 Å². The van der Waals surface area contributed by atoms with Crippen LogP contribution in [0, 0.1) is 5.41 Å². The minimum Gasteiger partial charge on any atom is -0.488 e. The highest BCUT2D eigenvalue weighted by atomic mass is 79.9. The number of hydrogen-bond acceptors (Lipinski definition) is 2. The maximum atomic E-state index is 7.38. The Hall–Kier alpha value is -1.33. The van der Waals surface area contributed by atoms with E-state index in [2.05, 4.69) is 31.9 Å². The van der Waals surface area contributed by atoms with Gasteiger partial charge >= 0.3 is 0 Å². The quantitative estimate of drug-likeness (QED) is 0.617. The van der Waals surface area contributed by atoms with E-state index in [-0.39, 0.29) is 5.84 Å². The van der Waals surface area contributed by atoms with Crippen molar-refractivity contribution in [2.75, 3.05) is 0 Å². The van der Waals surface area contributed by atoms with Crippen LogP contribution in [0.1, 0.15) is 11.1 Å². The summed E-state index contributed by atoms with van der Waals surface area (Å²) in [6.07, 6.45) is 0. The van der Waals surface area contributed by atoms with Crippen molar-refractivity contribution in [1.82, 2.24) is 0 Å². The van der Waals surface area contributed by atoms with E-state index in [0.717, 1.165) is 20.3 Å². The van der Waals surface area contributed by atoms with Crippen LogP contribution in [0.25, 0.3) is 0 Å². The van der Waals surface area contributed by atoms with E-state index in [1.165, 1.54) is 0 Å². The summed E-state index contributed by atoms with van der Waals surface area (Å²) in [4.78, 5) is 0. The lowest BCUT2D eigenvalue weighted by Crippen LogP contribution is -2.10. The molecular formula is C14H12Br2N2O. The second-order valence-electron chi connectivity index (χ2n) is 3.94. The molecule has 0 atom stereocenters. The van der Waals surface area contributed by atoms with Gasteiger partial charge in [-0.2, -0.15) is 0 Å². The molecule has 0 aliphatic rings. The molecule has 5 heteroatoms. The summed E-state index contributed by atoms with van der Waals surface area (Å²) in [5, 5.41) is 7.38. The molecule has 0 saturated carbocycles. The zero-order valence-corrected chi connectivity index (χ0v) is 13.2. The summed E-state index contributed by atoms with van der Waals surface area (Å²) in [5.74, 6) is 0.763. The fourth-order valence-corrected chi connectivity index (χ4v) is 2.45. The van der Waals surface area contributed by atoms with Gasteiger partial charge in [0.15, 0.2) is 0 Å². The van der Waals surface area contributed by atoms with Crippen molar-refractivity contribution in [2.24, 2.45) is 5.73 Å². The van der Waals surface area contributed by atoms with E-state index < -0.39 is 0 Å². The zero-order chi connectivity index (χ0) is 13.8. The van der Waals surface area contributed by atoms with E-state index in [0.29, 0.717) is 12.2 Å². The minimum atomic E-state index is 0.0399. The first-order valence-electron chi connectivity index (χ1n) is 5.58. The molecule has 3 N–H and O–H groups in total. The van der Waals surface area contributed by atoms with Crippen molar-refractivity contribution >= 4 is 37.7 Å². The molecule has 0 radical (unpaired) electrons. The first kappa shape index (κ1) is 14.1. The average molecular weight is 384 g/mol. The third-order valence-corrected chi connectivity index (χ3v) is 3.98. The number of nitrogen functional groups attached to an aromatic ring is 1. The Morgan fingerprint density at radius 1 is 1.11 bits per heavy atom. The molecule has 0 unspecified atom stereocenters. The number of rotatable bonds is 4. The third kappa shape index (κ3) is 3.58. The Bertz CT molecular complexity index is 614. The van der Waals surface area contributed by atoms with Crippen molar-refractivity contribution < 1.29 is 4.74 Å². The maximum Gasteiger partial charge on any atom is 0.134 e. The maximum absolute atomic E-state index is 7.38. The number of halogens is 2. The predicted molar refractivity (Wildman–Crippen MR) is 83.6 cm³/mol. The van der Waals surface area contributed by atoms with Crippen molar-refractivity contribution in [1.29, 1.82) is 5.41 Å². The fraction of sp³-hybridized carbons (Fsp3) is 0.0714.